The van der Waals surface area contributed by atoms with Crippen molar-refractivity contribution in [1.29, 1.82) is 0 Å². The molecule has 0 aliphatic rings. The summed E-state index contributed by atoms with van der Waals surface area (Å²) in [7, 11) is 1.00. The maximum absolute atomic E-state index is 8.84. The van der Waals surface area contributed by atoms with Gasteiger partial charge in [-0.05, 0) is 37.3 Å². The Hall–Kier alpha value is -1.20. The molecule has 0 fully saturated rings. The fraction of sp³-hybridized carbons (Fsp3) is 0.524. The fourth-order valence-electron chi connectivity index (χ4n) is 1.53. The van der Waals surface area contributed by atoms with Gasteiger partial charge in [0.15, 0.2) is 0 Å². The van der Waals surface area contributed by atoms with Crippen LogP contribution in [0, 0.1) is 6.92 Å². The molecule has 3 N–H and O–H groups in total. The zero-order chi connectivity index (χ0) is 19.2. The third kappa shape index (κ3) is 20.8. The summed E-state index contributed by atoms with van der Waals surface area (Å²) in [6.45, 7) is 10.4. The molecule has 0 bridgehead atoms. The molecule has 0 aliphatic heterocycles. The molecule has 0 aliphatic carbocycles. The van der Waals surface area contributed by atoms with Gasteiger partial charge in [0.25, 0.3) is 0 Å². The zero-order valence-electron chi connectivity index (χ0n) is 16.1. The first kappa shape index (κ1) is 31.6. The molecule has 2 rings (SSSR count). The lowest BCUT2D eigenvalue weighted by atomic mass is 10.1. The second-order valence-corrected chi connectivity index (χ2v) is 5.25. The van der Waals surface area contributed by atoms with E-state index in [0.717, 1.165) is 24.8 Å². The fourth-order valence-corrected chi connectivity index (χ4v) is 2.32. The van der Waals surface area contributed by atoms with E-state index in [9.17, 15) is 0 Å². The van der Waals surface area contributed by atoms with Crippen LogP contribution in [0.3, 0.4) is 0 Å². The van der Waals surface area contributed by atoms with Crippen LogP contribution in [0.2, 0.25) is 0 Å². The zero-order valence-corrected chi connectivity index (χ0v) is 16.9. The minimum atomic E-state index is 0. The topological polar surface area (TPSA) is 60.7 Å². The second-order valence-electron chi connectivity index (χ2n) is 4.25. The quantitative estimate of drug-likeness (QED) is 0.670. The predicted molar refractivity (Wildman–Crippen MR) is 114 cm³/mol. The van der Waals surface area contributed by atoms with Crippen LogP contribution in [0.25, 0.3) is 0 Å². The number of aliphatic hydroxyl groups excluding tert-OH is 3. The van der Waals surface area contributed by atoms with Crippen molar-refractivity contribution in [3.8, 4) is 0 Å². The Morgan fingerprint density at radius 3 is 1.72 bits per heavy atom. The van der Waals surface area contributed by atoms with Crippen LogP contribution >= 0.6 is 11.3 Å². The number of benzene rings is 1. The number of hydrogen-bond donors (Lipinski definition) is 3. The van der Waals surface area contributed by atoms with Crippen molar-refractivity contribution in [3.63, 3.8) is 0 Å². The minimum absolute atomic E-state index is 0. The number of thiophene rings is 1. The highest BCUT2D eigenvalue weighted by Gasteiger charge is 1.99. The minimum Gasteiger partial charge on any atom is -0.400 e. The van der Waals surface area contributed by atoms with Crippen molar-refractivity contribution in [2.45, 2.75) is 61.5 Å². The van der Waals surface area contributed by atoms with E-state index in [1.807, 2.05) is 37.4 Å². The molecule has 148 valence electrons. The van der Waals surface area contributed by atoms with Crippen LogP contribution in [0.4, 0.5) is 0 Å². The first-order valence-electron chi connectivity index (χ1n) is 8.42. The van der Waals surface area contributed by atoms with Crippen LogP contribution in [-0.2, 0) is 13.0 Å². The third-order valence-corrected chi connectivity index (χ3v) is 3.39. The van der Waals surface area contributed by atoms with Crippen molar-refractivity contribution in [2.24, 2.45) is 0 Å². The number of aliphatic hydroxyl groups is 3. The number of rotatable bonds is 3. The Morgan fingerprint density at radius 2 is 1.40 bits per heavy atom. The molecular weight excluding hydrogens is 332 g/mol. The smallest absolute Gasteiger partial charge is 0.0777 e. The Morgan fingerprint density at radius 1 is 0.920 bits per heavy atom. The van der Waals surface area contributed by atoms with Crippen molar-refractivity contribution in [3.05, 3.63) is 57.8 Å². The highest BCUT2D eigenvalue weighted by molar-refractivity contribution is 7.10. The molecule has 0 saturated carbocycles. The van der Waals surface area contributed by atoms with E-state index in [4.69, 9.17) is 15.3 Å². The highest BCUT2D eigenvalue weighted by Crippen LogP contribution is 2.17. The summed E-state index contributed by atoms with van der Waals surface area (Å²) in [4.78, 5) is 1.13. The van der Waals surface area contributed by atoms with Gasteiger partial charge in [-0.1, -0.05) is 70.5 Å². The van der Waals surface area contributed by atoms with E-state index in [-0.39, 0.29) is 20.6 Å². The summed E-state index contributed by atoms with van der Waals surface area (Å²) in [5, 5.41) is 25.5. The van der Waals surface area contributed by atoms with Crippen LogP contribution < -0.4 is 0 Å². The van der Waals surface area contributed by atoms with Crippen LogP contribution in [-0.4, -0.2) is 29.0 Å². The van der Waals surface area contributed by atoms with Gasteiger partial charge < -0.3 is 15.3 Å². The Bertz CT molecular complexity index is 428. The lowest BCUT2D eigenvalue weighted by Gasteiger charge is -1.95. The van der Waals surface area contributed by atoms with E-state index in [1.165, 1.54) is 11.1 Å². The van der Waals surface area contributed by atoms with E-state index in [0.29, 0.717) is 0 Å². The average molecular weight is 373 g/mol. The molecule has 4 heteroatoms. The van der Waals surface area contributed by atoms with Crippen molar-refractivity contribution < 1.29 is 15.3 Å². The maximum atomic E-state index is 8.84. The highest BCUT2D eigenvalue weighted by atomic mass is 32.1. The van der Waals surface area contributed by atoms with Crippen LogP contribution in [0.5, 0.6) is 0 Å². The van der Waals surface area contributed by atoms with Crippen LogP contribution in [0.1, 0.15) is 57.5 Å². The van der Waals surface area contributed by atoms with E-state index < -0.39 is 0 Å². The van der Waals surface area contributed by atoms with E-state index in [1.54, 1.807) is 18.3 Å². The molecule has 0 saturated heterocycles. The van der Waals surface area contributed by atoms with Gasteiger partial charge >= 0.3 is 0 Å². The van der Waals surface area contributed by atoms with Crippen molar-refractivity contribution in [1.82, 2.24) is 0 Å². The lowest BCUT2D eigenvalue weighted by molar-refractivity contribution is 0.284. The van der Waals surface area contributed by atoms with Crippen LogP contribution in [0.15, 0.2) is 41.8 Å². The standard InChI is InChI=1S/C8H12OS.C7H8.C2H6O.C2H6.CH4O.CH4/c1-2-3-7-4-5-10-8(7)6-9;1-7-5-3-2-4-6-7;1-2-3;2*1-2;/h4-5,9H,2-3,6H2,1H3;2-6H,1H3;3H,2H2,1H3;1-2H3;2H,1H3;1H4. The second kappa shape index (κ2) is 27.6. The van der Waals surface area contributed by atoms with Gasteiger partial charge in [0.2, 0.25) is 0 Å². The van der Waals surface area contributed by atoms with Gasteiger partial charge in [0, 0.05) is 18.6 Å². The summed E-state index contributed by atoms with van der Waals surface area (Å²) < 4.78 is 0. The Labute approximate surface area is 160 Å². The van der Waals surface area contributed by atoms with Gasteiger partial charge in [0.05, 0.1) is 6.61 Å². The monoisotopic (exact) mass is 372 g/mol. The number of hydrogen-bond acceptors (Lipinski definition) is 4. The first-order valence-corrected chi connectivity index (χ1v) is 9.30. The van der Waals surface area contributed by atoms with Gasteiger partial charge in [-0.25, -0.2) is 0 Å². The normalized spacial score (nSPS) is 7.72. The van der Waals surface area contributed by atoms with Gasteiger partial charge in [-0.15, -0.1) is 11.3 Å². The molecule has 0 amide bonds. The summed E-state index contributed by atoms with van der Waals surface area (Å²) in [6.07, 6.45) is 2.25. The number of aryl methyl sites for hydroxylation is 2. The molecule has 1 aromatic carbocycles. The van der Waals surface area contributed by atoms with Crippen molar-refractivity contribution in [2.75, 3.05) is 13.7 Å². The van der Waals surface area contributed by atoms with Crippen molar-refractivity contribution >= 4 is 11.3 Å². The molecule has 3 nitrogen and oxygen atoms in total. The maximum Gasteiger partial charge on any atom is 0.0777 e. The summed E-state index contributed by atoms with van der Waals surface area (Å²) >= 11 is 1.64. The molecule has 1 aromatic heterocycles. The molecular formula is C21H40O3S. The Kier molecular flexibility index (Phi) is 34.9. The van der Waals surface area contributed by atoms with E-state index in [2.05, 4.69) is 32.0 Å². The van der Waals surface area contributed by atoms with E-state index >= 15 is 0 Å². The average Bonchev–Trinajstić information content (AvgIpc) is 3.08. The van der Waals surface area contributed by atoms with Gasteiger partial charge in [-0.2, -0.15) is 0 Å². The Balaban J connectivity index is -0.000000130. The first-order chi connectivity index (χ1) is 11.7. The predicted octanol–water partition coefficient (Wildman–Crippen LogP) is 5.46. The summed E-state index contributed by atoms with van der Waals surface area (Å²) in [5.74, 6) is 0. The molecule has 2 aromatic rings. The SMILES string of the molecule is C.CC.CCCc1ccsc1CO.CCO.CO.Cc1ccccc1. The summed E-state index contributed by atoms with van der Waals surface area (Å²) in [6, 6.07) is 12.4. The molecule has 0 atom stereocenters. The molecule has 0 spiro atoms. The van der Waals surface area contributed by atoms with Gasteiger partial charge in [0.1, 0.15) is 0 Å². The largest absolute Gasteiger partial charge is 0.400 e. The van der Waals surface area contributed by atoms with Gasteiger partial charge in [-0.3, -0.25) is 0 Å². The molecule has 0 unspecified atom stereocenters. The third-order valence-electron chi connectivity index (χ3n) is 2.44. The summed E-state index contributed by atoms with van der Waals surface area (Å²) in [5.41, 5.74) is 2.64. The molecule has 1 heterocycles. The molecule has 25 heavy (non-hydrogen) atoms. The lowest BCUT2D eigenvalue weighted by Crippen LogP contribution is -1.85. The molecule has 0 radical (unpaired) electrons.